The van der Waals surface area contributed by atoms with Crippen molar-refractivity contribution in [3.05, 3.63) is 69.6 Å². The molecule has 0 aliphatic carbocycles. The molecule has 1 aliphatic rings. The highest BCUT2D eigenvalue weighted by molar-refractivity contribution is 7.15. The first-order valence-electron chi connectivity index (χ1n) is 7.69. The fourth-order valence-corrected chi connectivity index (χ4v) is 4.03. The molecule has 0 saturated carbocycles. The molecule has 2 aromatic heterocycles. The fourth-order valence-electron chi connectivity index (χ4n) is 3.29. The van der Waals surface area contributed by atoms with Gasteiger partial charge in [0.1, 0.15) is 0 Å². The number of nitrogens with zero attached hydrogens (tertiary/aromatic N) is 3. The van der Waals surface area contributed by atoms with E-state index in [-0.39, 0.29) is 24.0 Å². The molecule has 2 atom stereocenters. The summed E-state index contributed by atoms with van der Waals surface area (Å²) in [5, 5.41) is 1.88. The number of rotatable bonds is 3. The SMILES string of the molecule is Cl.N[C@@H]1CN(Cc2cc(=O)n3ccsc3n2)C[C@H]1c1ccccc1. The summed E-state index contributed by atoms with van der Waals surface area (Å²) in [7, 11) is 0. The van der Waals surface area contributed by atoms with E-state index in [9.17, 15) is 4.79 Å². The summed E-state index contributed by atoms with van der Waals surface area (Å²) in [6.45, 7) is 2.39. The van der Waals surface area contributed by atoms with Crippen molar-refractivity contribution in [2.75, 3.05) is 13.1 Å². The van der Waals surface area contributed by atoms with Crippen LogP contribution in [0.2, 0.25) is 0 Å². The second-order valence-electron chi connectivity index (χ2n) is 6.02. The summed E-state index contributed by atoms with van der Waals surface area (Å²) in [6, 6.07) is 12.1. The summed E-state index contributed by atoms with van der Waals surface area (Å²) < 4.78 is 1.58. The van der Waals surface area contributed by atoms with Crippen LogP contribution in [-0.4, -0.2) is 33.4 Å². The van der Waals surface area contributed by atoms with Crippen LogP contribution in [0, 0.1) is 0 Å². The fraction of sp³-hybridized carbons (Fsp3) is 0.294. The van der Waals surface area contributed by atoms with E-state index in [1.54, 1.807) is 16.7 Å². The van der Waals surface area contributed by atoms with Gasteiger partial charge in [0.2, 0.25) is 0 Å². The Morgan fingerprint density at radius 1 is 1.25 bits per heavy atom. The van der Waals surface area contributed by atoms with Crippen LogP contribution in [0.15, 0.2) is 52.8 Å². The predicted molar refractivity (Wildman–Crippen MR) is 99.0 cm³/mol. The minimum absolute atomic E-state index is 0. The van der Waals surface area contributed by atoms with Crippen LogP contribution >= 0.6 is 23.7 Å². The summed E-state index contributed by atoms with van der Waals surface area (Å²) in [5.74, 6) is 0.336. The molecule has 0 unspecified atom stereocenters. The number of likely N-dealkylation sites (tertiary alicyclic amines) is 1. The van der Waals surface area contributed by atoms with Gasteiger partial charge in [-0.2, -0.15) is 0 Å². The Morgan fingerprint density at radius 2 is 2.04 bits per heavy atom. The maximum Gasteiger partial charge on any atom is 0.258 e. The molecule has 2 N–H and O–H groups in total. The van der Waals surface area contributed by atoms with E-state index in [1.165, 1.54) is 16.9 Å². The van der Waals surface area contributed by atoms with Crippen molar-refractivity contribution >= 4 is 28.7 Å². The largest absolute Gasteiger partial charge is 0.326 e. The summed E-state index contributed by atoms with van der Waals surface area (Å²) in [4.78, 5) is 19.7. The molecule has 3 aromatic rings. The third kappa shape index (κ3) is 3.23. The molecular formula is C17H19ClN4OS. The minimum atomic E-state index is -0.0191. The van der Waals surface area contributed by atoms with Crippen molar-refractivity contribution in [2.45, 2.75) is 18.5 Å². The average molecular weight is 363 g/mol. The number of thiazole rings is 1. The van der Waals surface area contributed by atoms with Gasteiger partial charge in [0, 0.05) is 49.2 Å². The third-order valence-corrected chi connectivity index (χ3v) is 5.17. The van der Waals surface area contributed by atoms with E-state index in [1.807, 2.05) is 11.4 Å². The maximum absolute atomic E-state index is 12.1. The second kappa shape index (κ2) is 7.03. The van der Waals surface area contributed by atoms with Crippen LogP contribution in [0.1, 0.15) is 17.2 Å². The van der Waals surface area contributed by atoms with Gasteiger partial charge >= 0.3 is 0 Å². The van der Waals surface area contributed by atoms with E-state index in [0.717, 1.165) is 23.7 Å². The van der Waals surface area contributed by atoms with Crippen molar-refractivity contribution in [3.63, 3.8) is 0 Å². The first-order valence-corrected chi connectivity index (χ1v) is 8.57. The smallest absolute Gasteiger partial charge is 0.258 e. The van der Waals surface area contributed by atoms with Crippen LogP contribution in [0.4, 0.5) is 0 Å². The van der Waals surface area contributed by atoms with Gasteiger partial charge in [-0.1, -0.05) is 30.3 Å². The highest BCUT2D eigenvalue weighted by Crippen LogP contribution is 2.27. The molecule has 1 aromatic carbocycles. The highest BCUT2D eigenvalue weighted by Gasteiger charge is 2.31. The molecule has 24 heavy (non-hydrogen) atoms. The van der Waals surface area contributed by atoms with E-state index < -0.39 is 0 Å². The van der Waals surface area contributed by atoms with Gasteiger partial charge in [0.25, 0.3) is 5.56 Å². The molecular weight excluding hydrogens is 344 g/mol. The monoisotopic (exact) mass is 362 g/mol. The lowest BCUT2D eigenvalue weighted by Gasteiger charge is -2.15. The van der Waals surface area contributed by atoms with Gasteiger partial charge in [-0.25, -0.2) is 4.98 Å². The molecule has 1 aliphatic heterocycles. The molecule has 0 spiro atoms. The van der Waals surface area contributed by atoms with Crippen molar-refractivity contribution in [1.29, 1.82) is 0 Å². The number of benzene rings is 1. The van der Waals surface area contributed by atoms with Gasteiger partial charge in [-0.15, -0.1) is 23.7 Å². The van der Waals surface area contributed by atoms with Gasteiger partial charge in [0.15, 0.2) is 4.96 Å². The third-order valence-electron chi connectivity index (χ3n) is 4.41. The second-order valence-corrected chi connectivity index (χ2v) is 6.89. The standard InChI is InChI=1S/C17H18N4OS.ClH/c18-15-11-20(10-14(15)12-4-2-1-3-5-12)9-13-8-16(22)21-6-7-23-17(21)19-13;/h1-8,14-15H,9-11,18H2;1H/t14-,15+;/m0./s1. The molecule has 7 heteroatoms. The van der Waals surface area contributed by atoms with Crippen molar-refractivity contribution < 1.29 is 0 Å². The summed E-state index contributed by atoms with van der Waals surface area (Å²) >= 11 is 1.48. The molecule has 3 heterocycles. The molecule has 1 fully saturated rings. The Balaban J connectivity index is 0.00000169. The zero-order chi connectivity index (χ0) is 15.8. The average Bonchev–Trinajstić information content (AvgIpc) is 3.15. The molecule has 0 bridgehead atoms. The van der Waals surface area contributed by atoms with Gasteiger partial charge in [-0.05, 0) is 5.56 Å². The Hall–Kier alpha value is -1.73. The Kier molecular flexibility index (Phi) is 5.01. The quantitative estimate of drug-likeness (QED) is 0.775. The van der Waals surface area contributed by atoms with Crippen LogP contribution in [0.5, 0.6) is 0 Å². The number of aromatic nitrogens is 2. The van der Waals surface area contributed by atoms with Crippen LogP contribution < -0.4 is 11.3 Å². The summed E-state index contributed by atoms with van der Waals surface area (Å²) in [6.07, 6.45) is 1.76. The molecule has 0 radical (unpaired) electrons. The van der Waals surface area contributed by atoms with Crippen molar-refractivity contribution in [2.24, 2.45) is 5.73 Å². The molecule has 5 nitrogen and oxygen atoms in total. The van der Waals surface area contributed by atoms with Gasteiger partial charge in [0.05, 0.1) is 5.69 Å². The van der Waals surface area contributed by atoms with Crippen LogP contribution in [-0.2, 0) is 6.54 Å². The van der Waals surface area contributed by atoms with E-state index >= 15 is 0 Å². The van der Waals surface area contributed by atoms with Gasteiger partial charge < -0.3 is 5.73 Å². The minimum Gasteiger partial charge on any atom is -0.326 e. The lowest BCUT2D eigenvalue weighted by molar-refractivity contribution is 0.320. The van der Waals surface area contributed by atoms with E-state index in [0.29, 0.717) is 12.5 Å². The Labute approximate surface area is 150 Å². The van der Waals surface area contributed by atoms with E-state index in [2.05, 4.69) is 34.1 Å². The number of halogens is 1. The van der Waals surface area contributed by atoms with Crippen molar-refractivity contribution in [1.82, 2.24) is 14.3 Å². The molecule has 1 saturated heterocycles. The van der Waals surface area contributed by atoms with Gasteiger partial charge in [-0.3, -0.25) is 14.1 Å². The van der Waals surface area contributed by atoms with Crippen molar-refractivity contribution in [3.8, 4) is 0 Å². The van der Waals surface area contributed by atoms with E-state index in [4.69, 9.17) is 5.73 Å². The number of hydrogen-bond acceptors (Lipinski definition) is 5. The van der Waals surface area contributed by atoms with Crippen LogP contribution in [0.3, 0.4) is 0 Å². The number of fused-ring (bicyclic) bond motifs is 1. The normalized spacial score (nSPS) is 21.0. The molecule has 126 valence electrons. The summed E-state index contributed by atoms with van der Waals surface area (Å²) in [5.41, 5.74) is 8.41. The first-order chi connectivity index (χ1) is 11.2. The topological polar surface area (TPSA) is 63.6 Å². The molecule has 0 amide bonds. The maximum atomic E-state index is 12.1. The number of hydrogen-bond donors (Lipinski definition) is 1. The zero-order valence-electron chi connectivity index (χ0n) is 13.0. The molecule has 4 rings (SSSR count). The Bertz CT molecular complexity index is 879. The Morgan fingerprint density at radius 3 is 2.83 bits per heavy atom. The predicted octanol–water partition coefficient (Wildman–Crippen LogP) is 2.10. The zero-order valence-corrected chi connectivity index (χ0v) is 14.7. The highest BCUT2D eigenvalue weighted by atomic mass is 35.5. The number of nitrogens with two attached hydrogens (primary N) is 1. The first kappa shape index (κ1) is 17.1. The van der Waals surface area contributed by atoms with Crippen LogP contribution in [0.25, 0.3) is 4.96 Å². The lowest BCUT2D eigenvalue weighted by atomic mass is 9.95. The lowest BCUT2D eigenvalue weighted by Crippen LogP contribution is -2.29.